The highest BCUT2D eigenvalue weighted by Gasteiger charge is 2.46. The van der Waals surface area contributed by atoms with E-state index in [-0.39, 0.29) is 5.54 Å². The van der Waals surface area contributed by atoms with E-state index in [9.17, 15) is 5.26 Å². The van der Waals surface area contributed by atoms with Crippen molar-refractivity contribution in [3.8, 4) is 6.07 Å². The third kappa shape index (κ3) is 2.70. The number of hydrogen-bond donors (Lipinski definition) is 1. The molecule has 2 fully saturated rings. The van der Waals surface area contributed by atoms with Gasteiger partial charge in [0.2, 0.25) is 0 Å². The fourth-order valence-corrected chi connectivity index (χ4v) is 3.63. The van der Waals surface area contributed by atoms with Crippen molar-refractivity contribution in [1.29, 1.82) is 5.26 Å². The Bertz CT molecular complexity index is 318. The molecule has 0 bridgehead atoms. The normalized spacial score (nSPS) is 31.9. The number of nitrogens with one attached hydrogen (secondary N) is 1. The second-order valence-electron chi connectivity index (χ2n) is 6.35. The van der Waals surface area contributed by atoms with Gasteiger partial charge < -0.3 is 10.2 Å². The summed E-state index contributed by atoms with van der Waals surface area (Å²) in [6.45, 7) is 3.24. The highest BCUT2D eigenvalue weighted by Crippen LogP contribution is 2.40. The third-order valence-electron chi connectivity index (χ3n) is 5.05. The lowest BCUT2D eigenvalue weighted by atomic mass is 9.84. The minimum atomic E-state index is -0.314. The lowest BCUT2D eigenvalue weighted by molar-refractivity contribution is 0.111. The van der Waals surface area contributed by atoms with Gasteiger partial charge in [-0.2, -0.15) is 5.26 Å². The smallest absolute Gasteiger partial charge is 0.122 e. The first-order chi connectivity index (χ1) is 8.63. The summed E-state index contributed by atoms with van der Waals surface area (Å²) >= 11 is 0. The van der Waals surface area contributed by atoms with Crippen LogP contribution in [0.3, 0.4) is 0 Å². The highest BCUT2D eigenvalue weighted by atomic mass is 15.2. The molecular formula is C15H27N3. The van der Waals surface area contributed by atoms with E-state index in [1.54, 1.807) is 0 Å². The molecule has 2 aliphatic rings. The molecule has 18 heavy (non-hydrogen) atoms. The Morgan fingerprint density at radius 3 is 2.44 bits per heavy atom. The second-order valence-corrected chi connectivity index (χ2v) is 6.35. The molecule has 0 aromatic carbocycles. The standard InChI is InChI=1S/C15H27N3/c1-12-6-4-5-7-14(12)18(3)11-15(10-16,17-2)13-8-9-13/h12-14,17H,4-9,11H2,1-3H3. The van der Waals surface area contributed by atoms with Crippen LogP contribution in [-0.4, -0.2) is 37.1 Å². The second kappa shape index (κ2) is 5.59. The van der Waals surface area contributed by atoms with Crippen molar-refractivity contribution in [2.45, 2.75) is 57.0 Å². The van der Waals surface area contributed by atoms with Crippen molar-refractivity contribution < 1.29 is 0 Å². The van der Waals surface area contributed by atoms with E-state index in [1.807, 2.05) is 7.05 Å². The molecule has 3 heteroatoms. The molecule has 0 saturated heterocycles. The fraction of sp³-hybridized carbons (Fsp3) is 0.933. The van der Waals surface area contributed by atoms with Crippen molar-refractivity contribution in [2.24, 2.45) is 11.8 Å². The summed E-state index contributed by atoms with van der Waals surface area (Å²) in [6.07, 6.45) is 7.79. The van der Waals surface area contributed by atoms with Crippen LogP contribution < -0.4 is 5.32 Å². The summed E-state index contributed by atoms with van der Waals surface area (Å²) in [6, 6.07) is 3.22. The molecule has 0 spiro atoms. The average molecular weight is 249 g/mol. The van der Waals surface area contributed by atoms with Crippen molar-refractivity contribution in [2.75, 3.05) is 20.6 Å². The van der Waals surface area contributed by atoms with Crippen LogP contribution in [0, 0.1) is 23.2 Å². The Kier molecular flexibility index (Phi) is 4.29. The van der Waals surface area contributed by atoms with E-state index in [4.69, 9.17) is 0 Å². The number of nitrogens with zero attached hydrogens (tertiary/aromatic N) is 2. The Balaban J connectivity index is 2.00. The first-order valence-electron chi connectivity index (χ1n) is 7.43. The van der Waals surface area contributed by atoms with Crippen LogP contribution in [0.15, 0.2) is 0 Å². The molecule has 0 radical (unpaired) electrons. The molecule has 0 heterocycles. The van der Waals surface area contributed by atoms with E-state index in [0.717, 1.165) is 12.5 Å². The lowest BCUT2D eigenvalue weighted by Crippen LogP contribution is -2.55. The summed E-state index contributed by atoms with van der Waals surface area (Å²) < 4.78 is 0. The summed E-state index contributed by atoms with van der Waals surface area (Å²) in [5.41, 5.74) is -0.314. The van der Waals surface area contributed by atoms with Crippen LogP contribution in [-0.2, 0) is 0 Å². The summed E-state index contributed by atoms with van der Waals surface area (Å²) in [5, 5.41) is 12.9. The maximum absolute atomic E-state index is 9.56. The molecule has 1 N–H and O–H groups in total. The van der Waals surface area contributed by atoms with E-state index in [2.05, 4.69) is 30.3 Å². The number of hydrogen-bond acceptors (Lipinski definition) is 3. The monoisotopic (exact) mass is 249 g/mol. The maximum Gasteiger partial charge on any atom is 0.122 e. The van der Waals surface area contributed by atoms with Crippen molar-refractivity contribution in [3.63, 3.8) is 0 Å². The van der Waals surface area contributed by atoms with Crippen LogP contribution in [0.2, 0.25) is 0 Å². The summed E-state index contributed by atoms with van der Waals surface area (Å²) in [7, 11) is 4.15. The van der Waals surface area contributed by atoms with E-state index >= 15 is 0 Å². The topological polar surface area (TPSA) is 39.1 Å². The van der Waals surface area contributed by atoms with Gasteiger partial charge in [-0.25, -0.2) is 0 Å². The molecule has 0 aromatic heterocycles. The first kappa shape index (κ1) is 13.8. The van der Waals surface area contributed by atoms with Gasteiger partial charge in [0.1, 0.15) is 5.54 Å². The molecule has 3 unspecified atom stereocenters. The molecule has 2 rings (SSSR count). The molecular weight excluding hydrogens is 222 g/mol. The predicted molar refractivity (Wildman–Crippen MR) is 74.2 cm³/mol. The van der Waals surface area contributed by atoms with Crippen LogP contribution >= 0.6 is 0 Å². The number of likely N-dealkylation sites (N-methyl/N-ethyl adjacent to an activating group) is 2. The van der Waals surface area contributed by atoms with Gasteiger partial charge >= 0.3 is 0 Å². The van der Waals surface area contributed by atoms with Crippen molar-refractivity contribution in [1.82, 2.24) is 10.2 Å². The van der Waals surface area contributed by atoms with Crippen molar-refractivity contribution >= 4 is 0 Å². The minimum absolute atomic E-state index is 0.314. The largest absolute Gasteiger partial charge is 0.301 e. The van der Waals surface area contributed by atoms with Gasteiger partial charge in [0.05, 0.1) is 6.07 Å². The predicted octanol–water partition coefficient (Wildman–Crippen LogP) is 2.39. The van der Waals surface area contributed by atoms with E-state index in [1.165, 1.54) is 38.5 Å². The highest BCUT2D eigenvalue weighted by molar-refractivity contribution is 5.16. The fourth-order valence-electron chi connectivity index (χ4n) is 3.63. The van der Waals surface area contributed by atoms with Gasteiger partial charge in [-0.15, -0.1) is 0 Å². The number of nitriles is 1. The zero-order valence-corrected chi connectivity index (χ0v) is 12.1. The first-order valence-corrected chi connectivity index (χ1v) is 7.43. The summed E-state index contributed by atoms with van der Waals surface area (Å²) in [5.74, 6) is 1.34. The Morgan fingerprint density at radius 2 is 1.94 bits per heavy atom. The maximum atomic E-state index is 9.56. The molecule has 0 aliphatic heterocycles. The zero-order valence-electron chi connectivity index (χ0n) is 12.1. The van der Waals surface area contributed by atoms with Gasteiger partial charge in [-0.1, -0.05) is 19.8 Å². The molecule has 3 nitrogen and oxygen atoms in total. The zero-order chi connectivity index (χ0) is 13.2. The Hall–Kier alpha value is -0.590. The lowest BCUT2D eigenvalue weighted by Gasteiger charge is -2.40. The molecule has 0 amide bonds. The van der Waals surface area contributed by atoms with Gasteiger partial charge in [-0.05, 0) is 51.6 Å². The SMILES string of the molecule is CNC(C#N)(CN(C)C1CCCCC1C)C1CC1. The van der Waals surface area contributed by atoms with Crippen LogP contribution in [0.4, 0.5) is 0 Å². The van der Waals surface area contributed by atoms with Crippen LogP contribution in [0.5, 0.6) is 0 Å². The van der Waals surface area contributed by atoms with Gasteiger partial charge in [0.25, 0.3) is 0 Å². The van der Waals surface area contributed by atoms with Gasteiger partial charge in [0.15, 0.2) is 0 Å². The average Bonchev–Trinajstić information content (AvgIpc) is 3.21. The van der Waals surface area contributed by atoms with Crippen LogP contribution in [0.1, 0.15) is 45.4 Å². The van der Waals surface area contributed by atoms with E-state index < -0.39 is 0 Å². The Labute approximate surface area is 112 Å². The Morgan fingerprint density at radius 1 is 1.28 bits per heavy atom. The molecule has 2 aliphatic carbocycles. The van der Waals surface area contributed by atoms with Gasteiger partial charge in [0, 0.05) is 12.6 Å². The minimum Gasteiger partial charge on any atom is -0.301 e. The molecule has 2 saturated carbocycles. The van der Waals surface area contributed by atoms with Gasteiger partial charge in [-0.3, -0.25) is 0 Å². The molecule has 0 aromatic rings. The molecule has 102 valence electrons. The van der Waals surface area contributed by atoms with E-state index in [0.29, 0.717) is 12.0 Å². The van der Waals surface area contributed by atoms with Crippen LogP contribution in [0.25, 0.3) is 0 Å². The van der Waals surface area contributed by atoms with Crippen molar-refractivity contribution in [3.05, 3.63) is 0 Å². The quantitative estimate of drug-likeness (QED) is 0.813. The number of rotatable bonds is 5. The summed E-state index contributed by atoms with van der Waals surface area (Å²) in [4.78, 5) is 2.45. The third-order valence-corrected chi connectivity index (χ3v) is 5.05. The molecule has 3 atom stereocenters.